The van der Waals surface area contributed by atoms with Gasteiger partial charge < -0.3 is 25.2 Å². The zero-order valence-electron chi connectivity index (χ0n) is 22.3. The lowest BCUT2D eigenvalue weighted by molar-refractivity contribution is -0.137. The van der Waals surface area contributed by atoms with Crippen molar-refractivity contribution in [2.75, 3.05) is 23.4 Å². The van der Waals surface area contributed by atoms with E-state index in [2.05, 4.69) is 17.4 Å². The van der Waals surface area contributed by atoms with Crippen LogP contribution in [0.3, 0.4) is 0 Å². The molecule has 0 spiro atoms. The maximum Gasteiger partial charge on any atom is 0.303 e. The molecule has 3 N–H and O–H groups in total. The van der Waals surface area contributed by atoms with E-state index < -0.39 is 17.8 Å². The van der Waals surface area contributed by atoms with E-state index in [1.807, 2.05) is 42.5 Å². The molecule has 0 bridgehead atoms. The predicted octanol–water partition coefficient (Wildman–Crippen LogP) is 5.88. The topological polar surface area (TPSA) is 116 Å². The first kappa shape index (κ1) is 28.4. The first-order chi connectivity index (χ1) is 19.4. The third-order valence-electron chi connectivity index (χ3n) is 6.70. The van der Waals surface area contributed by atoms with Crippen LogP contribution in [-0.4, -0.2) is 41.1 Å². The minimum absolute atomic E-state index is 0.0635. The van der Waals surface area contributed by atoms with Crippen LogP contribution in [0.25, 0.3) is 0 Å². The van der Waals surface area contributed by atoms with Crippen molar-refractivity contribution in [3.63, 3.8) is 0 Å². The lowest BCUT2D eigenvalue weighted by Gasteiger charge is -2.17. The standard InChI is InChI=1S/C32H34N2O6/c35-28-22-34(26-16-12-24(13-17-26)21-23-9-5-4-6-10-23)32(39)30(28)31(38)33-25-14-18-27(19-15-25)40-20-8-3-1-2-7-11-29(36)37/h4-6,9-10,12-19,35H,1-3,7-8,11,20-22H2,(H,33,38)(H,36,37). The highest BCUT2D eigenvalue weighted by Crippen LogP contribution is 2.27. The molecule has 0 saturated heterocycles. The summed E-state index contributed by atoms with van der Waals surface area (Å²) in [6, 6.07) is 24.4. The number of carboxylic acid groups (broad SMARTS) is 1. The summed E-state index contributed by atoms with van der Waals surface area (Å²) in [5, 5.41) is 21.8. The van der Waals surface area contributed by atoms with Gasteiger partial charge in [0.2, 0.25) is 0 Å². The van der Waals surface area contributed by atoms with Gasteiger partial charge in [-0.25, -0.2) is 0 Å². The fourth-order valence-electron chi connectivity index (χ4n) is 4.55. The number of aliphatic hydroxyl groups is 1. The number of rotatable bonds is 14. The van der Waals surface area contributed by atoms with Crippen LogP contribution in [0.4, 0.5) is 11.4 Å². The van der Waals surface area contributed by atoms with Gasteiger partial charge in [0.1, 0.15) is 17.1 Å². The minimum Gasteiger partial charge on any atom is -0.509 e. The normalized spacial score (nSPS) is 13.0. The maximum atomic E-state index is 13.0. The second-order valence-electron chi connectivity index (χ2n) is 9.78. The second kappa shape index (κ2) is 14.0. The summed E-state index contributed by atoms with van der Waals surface area (Å²) < 4.78 is 5.73. The average Bonchev–Trinajstić information content (AvgIpc) is 3.25. The highest BCUT2D eigenvalue weighted by molar-refractivity contribution is 6.29. The highest BCUT2D eigenvalue weighted by atomic mass is 16.5. The van der Waals surface area contributed by atoms with Gasteiger partial charge in [-0.15, -0.1) is 0 Å². The molecule has 0 unspecified atom stereocenters. The number of hydrogen-bond acceptors (Lipinski definition) is 5. The van der Waals surface area contributed by atoms with Crippen LogP contribution in [0.1, 0.15) is 49.7 Å². The number of amides is 2. The Bertz CT molecular complexity index is 1330. The third kappa shape index (κ3) is 7.96. The molecular formula is C32H34N2O6. The first-order valence-corrected chi connectivity index (χ1v) is 13.5. The molecule has 0 aromatic heterocycles. The van der Waals surface area contributed by atoms with E-state index in [0.717, 1.165) is 37.7 Å². The molecule has 4 rings (SSSR count). The molecule has 0 saturated carbocycles. The van der Waals surface area contributed by atoms with Gasteiger partial charge in [-0.05, 0) is 66.8 Å². The minimum atomic E-state index is -0.756. The summed E-state index contributed by atoms with van der Waals surface area (Å²) in [5.41, 5.74) is 3.10. The Kier molecular flexibility index (Phi) is 9.93. The summed E-state index contributed by atoms with van der Waals surface area (Å²) >= 11 is 0. The van der Waals surface area contributed by atoms with E-state index in [-0.39, 0.29) is 24.3 Å². The maximum absolute atomic E-state index is 13.0. The Balaban J connectivity index is 1.24. The van der Waals surface area contributed by atoms with Crippen molar-refractivity contribution < 1.29 is 29.3 Å². The molecule has 208 valence electrons. The number of carbonyl (C=O) groups excluding carboxylic acids is 2. The van der Waals surface area contributed by atoms with Gasteiger partial charge in [-0.3, -0.25) is 14.4 Å². The van der Waals surface area contributed by atoms with Crippen LogP contribution < -0.4 is 15.0 Å². The molecule has 1 aliphatic rings. The molecule has 1 aliphatic heterocycles. The smallest absolute Gasteiger partial charge is 0.303 e. The molecule has 0 fully saturated rings. The van der Waals surface area contributed by atoms with Crippen LogP contribution in [0, 0.1) is 0 Å². The van der Waals surface area contributed by atoms with E-state index in [0.29, 0.717) is 30.2 Å². The Hall–Kier alpha value is -4.59. The first-order valence-electron chi connectivity index (χ1n) is 13.5. The summed E-state index contributed by atoms with van der Waals surface area (Å²) in [6.45, 7) is 0.481. The predicted molar refractivity (Wildman–Crippen MR) is 154 cm³/mol. The number of aliphatic hydroxyl groups excluding tert-OH is 1. The Morgan fingerprint density at radius 3 is 2.17 bits per heavy atom. The number of anilines is 2. The molecule has 2 amide bonds. The van der Waals surface area contributed by atoms with Crippen molar-refractivity contribution in [1.29, 1.82) is 0 Å². The molecular weight excluding hydrogens is 508 g/mol. The molecule has 0 aliphatic carbocycles. The van der Waals surface area contributed by atoms with Gasteiger partial charge in [0.25, 0.3) is 11.8 Å². The van der Waals surface area contributed by atoms with Crippen LogP contribution in [-0.2, 0) is 20.8 Å². The average molecular weight is 543 g/mol. The monoisotopic (exact) mass is 542 g/mol. The quantitative estimate of drug-likeness (QED) is 0.173. The number of nitrogens with zero attached hydrogens (tertiary/aromatic N) is 1. The fourth-order valence-corrected chi connectivity index (χ4v) is 4.55. The SMILES string of the molecule is O=C(O)CCCCCCCOc1ccc(NC(=O)C2=C(O)CN(c3ccc(Cc4ccccc4)cc3)C2=O)cc1. The largest absolute Gasteiger partial charge is 0.509 e. The van der Waals surface area contributed by atoms with Crippen LogP contribution in [0.15, 0.2) is 90.2 Å². The van der Waals surface area contributed by atoms with E-state index in [1.165, 1.54) is 10.5 Å². The molecule has 3 aromatic carbocycles. The molecule has 1 heterocycles. The fraction of sp³-hybridized carbons (Fsp3) is 0.281. The number of carbonyl (C=O) groups is 3. The molecule has 0 radical (unpaired) electrons. The van der Waals surface area contributed by atoms with E-state index in [4.69, 9.17) is 9.84 Å². The van der Waals surface area contributed by atoms with Gasteiger partial charge >= 0.3 is 5.97 Å². The Morgan fingerprint density at radius 2 is 1.48 bits per heavy atom. The van der Waals surface area contributed by atoms with Crippen LogP contribution in [0.5, 0.6) is 5.75 Å². The summed E-state index contributed by atoms with van der Waals surface area (Å²) in [5.74, 6) is -1.58. The highest BCUT2D eigenvalue weighted by Gasteiger charge is 2.36. The van der Waals surface area contributed by atoms with Crippen LogP contribution >= 0.6 is 0 Å². The molecule has 8 heteroatoms. The van der Waals surface area contributed by atoms with Gasteiger partial charge in [-0.1, -0.05) is 61.7 Å². The molecule has 8 nitrogen and oxygen atoms in total. The molecule has 40 heavy (non-hydrogen) atoms. The second-order valence-corrected chi connectivity index (χ2v) is 9.78. The van der Waals surface area contributed by atoms with E-state index >= 15 is 0 Å². The lowest BCUT2D eigenvalue weighted by atomic mass is 10.0. The number of carboxylic acids is 1. The number of hydrogen-bond donors (Lipinski definition) is 3. The number of benzene rings is 3. The van der Waals surface area contributed by atoms with Gasteiger partial charge in [0.15, 0.2) is 0 Å². The van der Waals surface area contributed by atoms with Crippen molar-refractivity contribution in [1.82, 2.24) is 0 Å². The van der Waals surface area contributed by atoms with Gasteiger partial charge in [0.05, 0.1) is 13.2 Å². The zero-order valence-corrected chi connectivity index (χ0v) is 22.3. The van der Waals surface area contributed by atoms with E-state index in [9.17, 15) is 19.5 Å². The molecule has 0 atom stereocenters. The lowest BCUT2D eigenvalue weighted by Crippen LogP contribution is -2.30. The number of nitrogens with one attached hydrogen (secondary N) is 1. The van der Waals surface area contributed by atoms with Gasteiger partial charge in [0, 0.05) is 17.8 Å². The summed E-state index contributed by atoms with van der Waals surface area (Å²) in [6.07, 6.45) is 5.39. The molecule has 3 aromatic rings. The van der Waals surface area contributed by atoms with E-state index in [1.54, 1.807) is 24.3 Å². The Labute approximate surface area is 233 Å². The summed E-state index contributed by atoms with van der Waals surface area (Å²) in [4.78, 5) is 37.8. The Morgan fingerprint density at radius 1 is 0.825 bits per heavy atom. The summed E-state index contributed by atoms with van der Waals surface area (Å²) in [7, 11) is 0. The van der Waals surface area contributed by atoms with Crippen molar-refractivity contribution in [3.8, 4) is 5.75 Å². The third-order valence-corrected chi connectivity index (χ3v) is 6.70. The van der Waals surface area contributed by atoms with Crippen molar-refractivity contribution >= 4 is 29.2 Å². The number of ether oxygens (including phenoxy) is 1. The van der Waals surface area contributed by atoms with Crippen molar-refractivity contribution in [3.05, 3.63) is 101 Å². The zero-order chi connectivity index (χ0) is 28.3. The number of aliphatic carboxylic acids is 1. The van der Waals surface area contributed by atoms with Gasteiger partial charge in [-0.2, -0.15) is 0 Å². The number of unbranched alkanes of at least 4 members (excludes halogenated alkanes) is 4. The van der Waals surface area contributed by atoms with Crippen molar-refractivity contribution in [2.45, 2.75) is 44.9 Å². The van der Waals surface area contributed by atoms with Crippen LogP contribution in [0.2, 0.25) is 0 Å². The van der Waals surface area contributed by atoms with Crippen molar-refractivity contribution in [2.24, 2.45) is 0 Å².